The largest absolute Gasteiger partial charge is 0.390 e. The number of H-pyrrole nitrogens is 1. The summed E-state index contributed by atoms with van der Waals surface area (Å²) in [6.45, 7) is -0.479. The molecule has 2 heterocycles. The molecule has 184 valence electrons. The third kappa shape index (κ3) is 7.74. The Hall–Kier alpha value is -3.65. The number of hydrogen-bond acceptors (Lipinski definition) is 5. The van der Waals surface area contributed by atoms with Crippen LogP contribution in [0.25, 0.3) is 11.0 Å². The summed E-state index contributed by atoms with van der Waals surface area (Å²) in [6.07, 6.45) is -10.7. The van der Waals surface area contributed by atoms with E-state index in [1.807, 2.05) is 0 Å². The molecule has 0 aliphatic heterocycles. The number of rotatable bonds is 9. The molecule has 0 aliphatic rings. The number of halogens is 6. The molecule has 0 atom stereocenters. The number of amides is 2. The average molecular weight is 491 g/mol. The number of aromatic nitrogens is 5. The highest BCUT2D eigenvalue weighted by Gasteiger charge is 2.28. The Morgan fingerprint density at radius 1 is 1.00 bits per heavy atom. The van der Waals surface area contributed by atoms with E-state index in [4.69, 9.17) is 0 Å². The van der Waals surface area contributed by atoms with E-state index in [0.29, 0.717) is 22.4 Å². The first-order chi connectivity index (χ1) is 15.9. The van der Waals surface area contributed by atoms with Gasteiger partial charge in [0.05, 0.1) is 37.0 Å². The van der Waals surface area contributed by atoms with Crippen LogP contribution < -0.4 is 10.6 Å². The number of fused-ring (bicyclic) bond motifs is 1. The Morgan fingerprint density at radius 3 is 2.44 bits per heavy atom. The van der Waals surface area contributed by atoms with E-state index in [2.05, 4.69) is 30.7 Å². The van der Waals surface area contributed by atoms with Crippen molar-refractivity contribution in [3.8, 4) is 0 Å². The average Bonchev–Trinajstić information content (AvgIpc) is 3.38. The van der Waals surface area contributed by atoms with Gasteiger partial charge in [-0.05, 0) is 17.7 Å². The van der Waals surface area contributed by atoms with Gasteiger partial charge in [0.1, 0.15) is 12.2 Å². The summed E-state index contributed by atoms with van der Waals surface area (Å²) in [4.78, 5) is 34.6. The van der Waals surface area contributed by atoms with Crippen molar-refractivity contribution in [1.29, 1.82) is 0 Å². The van der Waals surface area contributed by atoms with E-state index in [9.17, 15) is 35.9 Å². The van der Waals surface area contributed by atoms with E-state index in [-0.39, 0.29) is 18.9 Å². The molecule has 15 heteroatoms. The van der Waals surface area contributed by atoms with Gasteiger partial charge in [-0.1, -0.05) is 6.07 Å². The van der Waals surface area contributed by atoms with Gasteiger partial charge in [-0.3, -0.25) is 14.3 Å². The van der Waals surface area contributed by atoms with Crippen molar-refractivity contribution in [2.24, 2.45) is 0 Å². The lowest BCUT2D eigenvalue weighted by atomic mass is 10.2. The summed E-state index contributed by atoms with van der Waals surface area (Å²) in [5.41, 5.74) is 1.74. The number of nitrogens with zero attached hydrogens (tertiary/aromatic N) is 4. The standard InChI is InChI=1S/C19H19F6N7O2/c20-18(21,22)4-3-15(33)26-8-11-1-2-12-13(7-11)30-14(29-12)9-27-17(34)16-28-10-32(31-16)6-5-19(23,24)25/h1-2,7,10H,3-6,8-9H2,(H,26,33)(H,27,34)(H,29,30). The van der Waals surface area contributed by atoms with Crippen LogP contribution in [-0.4, -0.2) is 48.9 Å². The summed E-state index contributed by atoms with van der Waals surface area (Å²) in [7, 11) is 0. The maximum atomic E-state index is 12.3. The predicted octanol–water partition coefficient (Wildman–Crippen LogP) is 3.00. The maximum absolute atomic E-state index is 12.3. The first kappa shape index (κ1) is 25.0. The van der Waals surface area contributed by atoms with Gasteiger partial charge in [-0.25, -0.2) is 9.97 Å². The van der Waals surface area contributed by atoms with Crippen LogP contribution in [0, 0.1) is 0 Å². The Bertz CT molecular complexity index is 1150. The zero-order valence-corrected chi connectivity index (χ0v) is 17.4. The van der Waals surface area contributed by atoms with Gasteiger partial charge in [0.2, 0.25) is 11.7 Å². The van der Waals surface area contributed by atoms with Crippen LogP contribution >= 0.6 is 0 Å². The molecule has 0 radical (unpaired) electrons. The Balaban J connectivity index is 1.51. The van der Waals surface area contributed by atoms with Crippen LogP contribution in [-0.2, 0) is 24.4 Å². The molecule has 0 spiro atoms. The van der Waals surface area contributed by atoms with Crippen LogP contribution in [0.15, 0.2) is 24.5 Å². The van der Waals surface area contributed by atoms with Crippen LogP contribution in [0.2, 0.25) is 0 Å². The molecule has 2 amide bonds. The smallest absolute Gasteiger partial charge is 0.352 e. The van der Waals surface area contributed by atoms with Crippen LogP contribution in [0.3, 0.4) is 0 Å². The molecule has 3 N–H and O–H groups in total. The number of nitrogens with one attached hydrogen (secondary N) is 3. The van der Waals surface area contributed by atoms with Crippen LogP contribution in [0.5, 0.6) is 0 Å². The predicted molar refractivity (Wildman–Crippen MR) is 105 cm³/mol. The molecular formula is C19H19F6N7O2. The second kappa shape index (κ2) is 10.1. The molecule has 3 rings (SSSR count). The minimum Gasteiger partial charge on any atom is -0.352 e. The number of imidazole rings is 1. The second-order valence-electron chi connectivity index (χ2n) is 7.31. The monoisotopic (exact) mass is 491 g/mol. The molecule has 0 saturated heterocycles. The number of carbonyl (C=O) groups excluding carboxylic acids is 2. The highest BCUT2D eigenvalue weighted by molar-refractivity contribution is 5.90. The summed E-state index contributed by atoms with van der Waals surface area (Å²) in [5.74, 6) is -1.35. The van der Waals surface area contributed by atoms with Gasteiger partial charge in [-0.15, -0.1) is 5.10 Å². The van der Waals surface area contributed by atoms with Crippen molar-refractivity contribution >= 4 is 22.8 Å². The second-order valence-corrected chi connectivity index (χ2v) is 7.31. The lowest BCUT2D eigenvalue weighted by Crippen LogP contribution is -2.25. The van der Waals surface area contributed by atoms with E-state index >= 15 is 0 Å². The molecule has 1 aromatic carbocycles. The van der Waals surface area contributed by atoms with Crippen molar-refractivity contribution in [3.05, 3.63) is 41.7 Å². The van der Waals surface area contributed by atoms with Crippen molar-refractivity contribution in [2.75, 3.05) is 0 Å². The third-order valence-electron chi connectivity index (χ3n) is 4.50. The zero-order chi connectivity index (χ0) is 24.9. The van der Waals surface area contributed by atoms with Gasteiger partial charge in [0, 0.05) is 13.0 Å². The summed E-state index contributed by atoms with van der Waals surface area (Å²) in [6, 6.07) is 4.94. The number of alkyl halides is 6. The summed E-state index contributed by atoms with van der Waals surface area (Å²) >= 11 is 0. The summed E-state index contributed by atoms with van der Waals surface area (Å²) in [5, 5.41) is 8.62. The first-order valence-electron chi connectivity index (χ1n) is 9.93. The van der Waals surface area contributed by atoms with Crippen molar-refractivity contribution < 1.29 is 35.9 Å². The van der Waals surface area contributed by atoms with Gasteiger partial charge in [0.25, 0.3) is 5.91 Å². The van der Waals surface area contributed by atoms with E-state index in [1.165, 1.54) is 0 Å². The van der Waals surface area contributed by atoms with Gasteiger partial charge in [-0.2, -0.15) is 26.3 Å². The Morgan fingerprint density at radius 2 is 1.74 bits per heavy atom. The Labute approximate surface area is 187 Å². The van der Waals surface area contributed by atoms with Crippen molar-refractivity contribution in [3.63, 3.8) is 0 Å². The SMILES string of the molecule is O=C(CCC(F)(F)F)NCc1ccc2nc(CNC(=O)c3ncn(CCC(F)(F)F)n3)[nH]c2c1. The molecule has 34 heavy (non-hydrogen) atoms. The molecule has 0 fully saturated rings. The highest BCUT2D eigenvalue weighted by Crippen LogP contribution is 2.21. The van der Waals surface area contributed by atoms with E-state index in [0.717, 1.165) is 11.0 Å². The normalized spacial score (nSPS) is 12.2. The van der Waals surface area contributed by atoms with Crippen LogP contribution in [0.4, 0.5) is 26.3 Å². The number of benzene rings is 1. The number of hydrogen-bond donors (Lipinski definition) is 3. The number of carbonyl (C=O) groups is 2. The Kier molecular flexibility index (Phi) is 7.41. The minimum absolute atomic E-state index is 0.0282. The maximum Gasteiger partial charge on any atom is 0.390 e. The van der Waals surface area contributed by atoms with Gasteiger partial charge >= 0.3 is 12.4 Å². The fourth-order valence-electron chi connectivity index (χ4n) is 2.84. The molecule has 2 aromatic heterocycles. The quantitative estimate of drug-likeness (QED) is 0.398. The molecular weight excluding hydrogens is 472 g/mol. The van der Waals surface area contributed by atoms with Gasteiger partial charge in [0.15, 0.2) is 0 Å². The van der Waals surface area contributed by atoms with Gasteiger partial charge < -0.3 is 15.6 Å². The first-order valence-corrected chi connectivity index (χ1v) is 9.93. The van der Waals surface area contributed by atoms with E-state index in [1.54, 1.807) is 18.2 Å². The number of aromatic amines is 1. The number of aryl methyl sites for hydroxylation is 1. The molecule has 9 nitrogen and oxygen atoms in total. The van der Waals surface area contributed by atoms with Crippen LogP contribution in [0.1, 0.15) is 41.3 Å². The lowest BCUT2D eigenvalue weighted by Gasteiger charge is -2.07. The summed E-state index contributed by atoms with van der Waals surface area (Å²) < 4.78 is 74.3. The molecule has 3 aromatic rings. The third-order valence-corrected chi connectivity index (χ3v) is 4.50. The van der Waals surface area contributed by atoms with E-state index < -0.39 is 50.0 Å². The topological polar surface area (TPSA) is 118 Å². The van der Waals surface area contributed by atoms with Crippen molar-refractivity contribution in [1.82, 2.24) is 35.4 Å². The van der Waals surface area contributed by atoms with Crippen molar-refractivity contribution in [2.45, 2.75) is 51.2 Å². The fourth-order valence-corrected chi connectivity index (χ4v) is 2.84. The highest BCUT2D eigenvalue weighted by atomic mass is 19.4. The fraction of sp³-hybridized carbons (Fsp3) is 0.421. The lowest BCUT2D eigenvalue weighted by molar-refractivity contribution is -0.144. The molecule has 0 aliphatic carbocycles. The zero-order valence-electron chi connectivity index (χ0n) is 17.4. The molecule has 0 unspecified atom stereocenters. The molecule has 0 bridgehead atoms. The minimum atomic E-state index is -4.40. The molecule has 0 saturated carbocycles.